The van der Waals surface area contributed by atoms with Crippen molar-refractivity contribution in [2.75, 3.05) is 0 Å². The van der Waals surface area contributed by atoms with Gasteiger partial charge in [-0.3, -0.25) is 19.2 Å². The highest BCUT2D eigenvalue weighted by molar-refractivity contribution is 7.27. The summed E-state index contributed by atoms with van der Waals surface area (Å²) < 4.78 is 6.76. The molecule has 0 atom stereocenters. The van der Waals surface area contributed by atoms with Gasteiger partial charge in [0.2, 0.25) is 0 Å². The smallest absolute Gasteiger partial charge is 0.442 e. The zero-order valence-electron chi connectivity index (χ0n) is 33.5. The summed E-state index contributed by atoms with van der Waals surface area (Å²) in [4.78, 5) is 79.9. The predicted octanol–water partition coefficient (Wildman–Crippen LogP) is 11.4. The lowest BCUT2D eigenvalue weighted by molar-refractivity contribution is 0.0975. The van der Waals surface area contributed by atoms with Crippen molar-refractivity contribution in [3.63, 3.8) is 0 Å². The van der Waals surface area contributed by atoms with Crippen LogP contribution in [0.3, 0.4) is 0 Å². The summed E-state index contributed by atoms with van der Waals surface area (Å²) >= 11 is 2.44. The first-order chi connectivity index (χ1) is 31.7. The molecule has 0 N–H and O–H groups in total. The number of ketones is 4. The van der Waals surface area contributed by atoms with Crippen molar-refractivity contribution in [2.45, 2.75) is 6.61 Å². The van der Waals surface area contributed by atoms with E-state index in [2.05, 4.69) is 10.2 Å². The van der Waals surface area contributed by atoms with Crippen molar-refractivity contribution in [1.29, 1.82) is 0 Å². The van der Waals surface area contributed by atoms with E-state index in [-0.39, 0.29) is 28.8 Å². The summed E-state index contributed by atoms with van der Waals surface area (Å²) in [6, 6.07) is 40.2. The number of Topliss-reactive ketones (excluding diaryl/α,β-unsaturated/α-hetero) is 4. The largest absolute Gasteiger partial charge is 0.452 e. The molecule has 11 aromatic rings. The van der Waals surface area contributed by atoms with Crippen LogP contribution in [0.1, 0.15) is 57.0 Å². The van der Waals surface area contributed by atoms with Gasteiger partial charge in [-0.25, -0.2) is 14.8 Å². The molecule has 306 valence electrons. The summed E-state index contributed by atoms with van der Waals surface area (Å²) in [5.41, 5.74) is 3.23. The molecule has 0 amide bonds. The van der Waals surface area contributed by atoms with Gasteiger partial charge in [0.25, 0.3) is 0 Å². The van der Waals surface area contributed by atoms with Gasteiger partial charge in [-0.15, -0.1) is 32.9 Å². The van der Waals surface area contributed by atoms with Crippen LogP contribution >= 0.6 is 22.7 Å². The molecule has 13 heteroatoms. The number of hydrogen-bond donors (Lipinski definition) is 0. The van der Waals surface area contributed by atoms with Gasteiger partial charge in [0.05, 0.1) is 20.5 Å². The molecular weight excluding hydrogens is 855 g/mol. The van der Waals surface area contributed by atoms with Crippen molar-refractivity contribution in [3.05, 3.63) is 176 Å². The summed E-state index contributed by atoms with van der Waals surface area (Å²) in [6.07, 6.45) is 2.16. The van der Waals surface area contributed by atoms with Crippen LogP contribution in [-0.4, -0.2) is 54.2 Å². The maximum atomic E-state index is 14.0. The fourth-order valence-corrected chi connectivity index (χ4v) is 11.1. The second-order valence-electron chi connectivity index (χ2n) is 16.0. The van der Waals surface area contributed by atoms with E-state index >= 15 is 0 Å². The van der Waals surface area contributed by atoms with Crippen LogP contribution in [0.4, 0.5) is 4.79 Å². The van der Waals surface area contributed by atoms with Crippen molar-refractivity contribution in [3.8, 4) is 0 Å². The molecule has 0 unspecified atom stereocenters. The normalized spacial score (nSPS) is 13.7. The molecule has 65 heavy (non-hydrogen) atoms. The number of allylic oxidation sites excluding steroid dienone is 2. The monoisotopic (exact) mass is 879 g/mol. The van der Waals surface area contributed by atoms with E-state index in [1.54, 1.807) is 24.3 Å². The van der Waals surface area contributed by atoms with Gasteiger partial charge in [0, 0.05) is 22.3 Å². The Morgan fingerprint density at radius 3 is 1.23 bits per heavy atom. The molecule has 8 aromatic carbocycles. The van der Waals surface area contributed by atoms with E-state index in [1.165, 1.54) is 34.8 Å². The van der Waals surface area contributed by atoms with E-state index in [0.717, 1.165) is 53.4 Å². The van der Waals surface area contributed by atoms with Crippen LogP contribution in [0.5, 0.6) is 0 Å². The van der Waals surface area contributed by atoms with Gasteiger partial charge in [-0.05, 0) is 109 Å². The molecule has 0 saturated carbocycles. The number of nitrogens with zero attached hydrogens (tertiary/aromatic N) is 5. The quantitative estimate of drug-likeness (QED) is 0.0949. The Hall–Kier alpha value is -8.39. The molecule has 11 nitrogen and oxygen atoms in total. The minimum absolute atomic E-state index is 0.0158. The Balaban J connectivity index is 0.927. The third kappa shape index (κ3) is 5.76. The Bertz CT molecular complexity index is 3730. The minimum Gasteiger partial charge on any atom is -0.442 e. The molecule has 0 radical (unpaired) electrons. The zero-order valence-corrected chi connectivity index (χ0v) is 35.1. The zero-order chi connectivity index (χ0) is 43.7. The van der Waals surface area contributed by atoms with Crippen LogP contribution in [0.25, 0.3) is 86.7 Å². The predicted molar refractivity (Wildman–Crippen MR) is 252 cm³/mol. The highest BCUT2D eigenvalue weighted by Gasteiger charge is 2.36. The highest BCUT2D eigenvalue weighted by atomic mass is 32.1. The number of carbonyl (C=O) groups excluding carboxylic acids is 5. The number of aromatic nitrogens is 5. The topological polar surface area (TPSA) is 151 Å². The molecule has 3 heterocycles. The Labute approximate surface area is 373 Å². The number of benzene rings is 8. The molecule has 2 aliphatic rings. The van der Waals surface area contributed by atoms with Crippen LogP contribution in [0.2, 0.25) is 0 Å². The number of rotatable bonds is 4. The first-order valence-electron chi connectivity index (χ1n) is 20.5. The van der Waals surface area contributed by atoms with E-state index in [4.69, 9.17) is 14.7 Å². The first-order valence-corrected chi connectivity index (χ1v) is 22.1. The lowest BCUT2D eigenvalue weighted by Crippen LogP contribution is -2.16. The van der Waals surface area contributed by atoms with Crippen LogP contribution in [0, 0.1) is 0 Å². The van der Waals surface area contributed by atoms with Gasteiger partial charge < -0.3 is 4.74 Å². The lowest BCUT2D eigenvalue weighted by Gasteiger charge is -2.04. The maximum absolute atomic E-state index is 14.0. The van der Waals surface area contributed by atoms with E-state index < -0.39 is 29.2 Å². The van der Waals surface area contributed by atoms with Gasteiger partial charge in [-0.2, -0.15) is 0 Å². The number of ether oxygens (including phenoxy) is 1. The average molecular weight is 880 g/mol. The fourth-order valence-electron chi connectivity index (χ4n) is 8.94. The number of fused-ring (bicyclic) bond motifs is 12. The van der Waals surface area contributed by atoms with Gasteiger partial charge in [0.15, 0.2) is 23.1 Å². The second-order valence-corrected chi connectivity index (χ2v) is 18.1. The molecule has 0 saturated heterocycles. The second kappa shape index (κ2) is 13.8. The van der Waals surface area contributed by atoms with E-state index in [9.17, 15) is 24.0 Å². The Morgan fingerprint density at radius 1 is 0.477 bits per heavy atom. The molecule has 13 rings (SSSR count). The molecule has 2 aliphatic carbocycles. The van der Waals surface area contributed by atoms with E-state index in [1.807, 2.05) is 103 Å². The standard InChI is InChI=1S/C52H25N5O6S2/c58-46-34-18-30-14-26-10-4-5-11-27(26)15-31(30)19-35(34)47(59)38(46)22-40-53-44-42-43(56-57(55-42)52(62)63-24-25-8-2-1-3-9-25)45-51(50(44)64-40)65-41(54-45)23-39-48(60)36-20-32-16-28-12-6-7-13-29(28)17-33(32)21-37(36)49(39)61/h1-23H,24H2. The van der Waals surface area contributed by atoms with Crippen molar-refractivity contribution in [2.24, 2.45) is 0 Å². The number of thiazole rings is 2. The molecular formula is C52H25N5O6S2. The minimum atomic E-state index is -0.832. The Morgan fingerprint density at radius 2 is 0.846 bits per heavy atom. The van der Waals surface area contributed by atoms with Crippen molar-refractivity contribution >= 4 is 139 Å². The molecule has 0 bridgehead atoms. The van der Waals surface area contributed by atoms with Crippen LogP contribution in [-0.2, 0) is 11.3 Å². The molecule has 3 aromatic heterocycles. The molecule has 0 aliphatic heterocycles. The first kappa shape index (κ1) is 37.2. The SMILES string of the molecule is O=C1C(=Cc2nc3c4nn(C(=O)OCc5ccccc5)nc4c4nc(C=C5C(=O)c6cc7cc8ccccc8cc7cc6C5=O)sc4c3s2)C(=O)c2cc3cc4ccccc4cc3cc21. The summed E-state index contributed by atoms with van der Waals surface area (Å²) in [5.74, 6) is -1.61. The van der Waals surface area contributed by atoms with Gasteiger partial charge >= 0.3 is 6.09 Å². The maximum Gasteiger partial charge on any atom is 0.452 e. The van der Waals surface area contributed by atoms with Crippen LogP contribution < -0.4 is 0 Å². The number of hydrogen-bond acceptors (Lipinski definition) is 12. The fraction of sp³-hybridized carbons (Fsp3) is 0.0192. The summed E-state index contributed by atoms with van der Waals surface area (Å²) in [7, 11) is 0. The van der Waals surface area contributed by atoms with Crippen LogP contribution in [0.15, 0.2) is 139 Å². The van der Waals surface area contributed by atoms with Crippen molar-refractivity contribution in [1.82, 2.24) is 25.0 Å². The molecule has 0 fully saturated rings. The van der Waals surface area contributed by atoms with E-state index in [0.29, 0.717) is 52.7 Å². The third-order valence-electron chi connectivity index (χ3n) is 12.1. The summed E-state index contributed by atoms with van der Waals surface area (Å²) in [5, 5.41) is 17.3. The Kier molecular flexibility index (Phi) is 7.90. The number of carbonyl (C=O) groups is 5. The molecule has 0 spiro atoms. The van der Waals surface area contributed by atoms with Gasteiger partial charge in [-0.1, -0.05) is 83.7 Å². The van der Waals surface area contributed by atoms with Gasteiger partial charge in [0.1, 0.15) is 38.7 Å². The highest BCUT2D eigenvalue weighted by Crippen LogP contribution is 2.42. The average Bonchev–Trinajstić information content (AvgIpc) is 4.15. The lowest BCUT2D eigenvalue weighted by atomic mass is 9.99. The summed E-state index contributed by atoms with van der Waals surface area (Å²) in [6.45, 7) is -0.0158. The van der Waals surface area contributed by atoms with Crippen molar-refractivity contribution < 1.29 is 28.7 Å². The third-order valence-corrected chi connectivity index (χ3v) is 14.3.